The summed E-state index contributed by atoms with van der Waals surface area (Å²) in [5.74, 6) is 0. The first-order valence-corrected chi connectivity index (χ1v) is 17.7. The molecule has 0 heterocycles. The lowest BCUT2D eigenvalue weighted by atomic mass is 9.33. The van der Waals surface area contributed by atoms with Crippen LogP contribution in [0, 0.1) is 48.5 Å². The average molecular weight is 623 g/mol. The fraction of sp³-hybridized carbons (Fsp3) is 0.277. The van der Waals surface area contributed by atoms with Crippen molar-refractivity contribution >= 4 is 33.9 Å². The van der Waals surface area contributed by atoms with Gasteiger partial charge in [-0.2, -0.15) is 0 Å². The SMILES string of the molecule is Cc1cc(C)c(B(c2c(C)cc(C)cc2C)c2cc3c(c4ccccc24)-c2cc4c(cc2C3(C)C)-c2ccc(C)cc2C4(C)C)c(C)c1. The van der Waals surface area contributed by atoms with Gasteiger partial charge < -0.3 is 0 Å². The van der Waals surface area contributed by atoms with Crippen molar-refractivity contribution in [1.82, 2.24) is 0 Å². The second kappa shape index (κ2) is 10.3. The molecule has 0 fully saturated rings. The highest BCUT2D eigenvalue weighted by atomic mass is 14.4. The first-order valence-electron chi connectivity index (χ1n) is 17.7. The standard InChI is InChI=1S/C47H47B/c1-26-16-17-33-36-23-40-37(24-39(36)46(8,9)38(33)22-26)43-35-15-13-12-14-34(35)42(25-41(43)47(40,10)11)48(44-29(4)18-27(2)19-30(44)5)45-31(6)20-28(3)21-32(45)7/h12-25H,1-11H3. The molecule has 238 valence electrons. The van der Waals surface area contributed by atoms with E-state index >= 15 is 0 Å². The largest absolute Gasteiger partial charge is 0.243 e. The van der Waals surface area contributed by atoms with Gasteiger partial charge in [-0.3, -0.25) is 0 Å². The molecule has 0 spiro atoms. The van der Waals surface area contributed by atoms with Gasteiger partial charge in [-0.05, 0) is 116 Å². The van der Waals surface area contributed by atoms with Gasteiger partial charge in [0.15, 0.2) is 0 Å². The van der Waals surface area contributed by atoms with Gasteiger partial charge in [0.1, 0.15) is 0 Å². The number of hydrogen-bond acceptors (Lipinski definition) is 0. The molecular weight excluding hydrogens is 575 g/mol. The third kappa shape index (κ3) is 4.22. The van der Waals surface area contributed by atoms with Gasteiger partial charge in [0.05, 0.1) is 0 Å². The van der Waals surface area contributed by atoms with E-state index < -0.39 is 0 Å². The Kier molecular flexibility index (Phi) is 6.65. The molecule has 0 saturated carbocycles. The number of rotatable bonds is 3. The molecule has 48 heavy (non-hydrogen) atoms. The molecule has 0 aliphatic heterocycles. The highest BCUT2D eigenvalue weighted by Gasteiger charge is 2.43. The zero-order valence-electron chi connectivity index (χ0n) is 30.7. The second-order valence-electron chi connectivity index (χ2n) is 16.2. The normalized spacial score (nSPS) is 14.9. The van der Waals surface area contributed by atoms with Crippen LogP contribution in [0.2, 0.25) is 0 Å². The summed E-state index contributed by atoms with van der Waals surface area (Å²) in [5.41, 5.74) is 25.1. The van der Waals surface area contributed by atoms with E-state index in [-0.39, 0.29) is 17.5 Å². The third-order valence-electron chi connectivity index (χ3n) is 12.0. The number of benzene rings is 6. The van der Waals surface area contributed by atoms with Gasteiger partial charge in [0.2, 0.25) is 6.71 Å². The lowest BCUT2D eigenvalue weighted by Gasteiger charge is -2.28. The van der Waals surface area contributed by atoms with E-state index in [0.29, 0.717) is 0 Å². The molecule has 0 N–H and O–H groups in total. The maximum atomic E-state index is 2.62. The van der Waals surface area contributed by atoms with Crippen molar-refractivity contribution < 1.29 is 0 Å². The molecule has 6 aromatic carbocycles. The van der Waals surface area contributed by atoms with E-state index in [1.807, 2.05) is 0 Å². The van der Waals surface area contributed by atoms with Gasteiger partial charge in [-0.25, -0.2) is 0 Å². The van der Waals surface area contributed by atoms with Crippen LogP contribution in [0.3, 0.4) is 0 Å². The van der Waals surface area contributed by atoms with E-state index in [2.05, 4.69) is 161 Å². The van der Waals surface area contributed by atoms with Crippen LogP contribution in [0.25, 0.3) is 33.0 Å². The average Bonchev–Trinajstić information content (AvgIpc) is 3.36. The molecule has 8 rings (SSSR count). The van der Waals surface area contributed by atoms with E-state index in [0.717, 1.165) is 0 Å². The van der Waals surface area contributed by atoms with Crippen molar-refractivity contribution in [3.05, 3.63) is 146 Å². The van der Waals surface area contributed by atoms with Crippen LogP contribution in [0.1, 0.15) is 88.9 Å². The maximum Gasteiger partial charge on any atom is 0.243 e. The molecule has 6 aromatic rings. The second-order valence-corrected chi connectivity index (χ2v) is 16.2. The quantitative estimate of drug-likeness (QED) is 0.172. The first kappa shape index (κ1) is 30.9. The van der Waals surface area contributed by atoms with Crippen LogP contribution in [0.5, 0.6) is 0 Å². The van der Waals surface area contributed by atoms with Gasteiger partial charge in [0, 0.05) is 10.8 Å². The van der Waals surface area contributed by atoms with Crippen LogP contribution < -0.4 is 16.4 Å². The Morgan fingerprint density at radius 3 is 1.48 bits per heavy atom. The van der Waals surface area contributed by atoms with E-state index in [9.17, 15) is 0 Å². The van der Waals surface area contributed by atoms with Crippen molar-refractivity contribution in [1.29, 1.82) is 0 Å². The Balaban J connectivity index is 1.46. The minimum atomic E-state index is -0.144. The number of fused-ring (bicyclic) bond motifs is 8. The summed E-state index contributed by atoms with van der Waals surface area (Å²) < 4.78 is 0. The Labute approximate surface area is 288 Å². The summed E-state index contributed by atoms with van der Waals surface area (Å²) in [6.45, 7) is 25.8. The Morgan fingerprint density at radius 1 is 0.417 bits per heavy atom. The van der Waals surface area contributed by atoms with Crippen LogP contribution in [-0.4, -0.2) is 6.71 Å². The summed E-state index contributed by atoms with van der Waals surface area (Å²) >= 11 is 0. The van der Waals surface area contributed by atoms with E-state index in [1.165, 1.54) is 111 Å². The highest BCUT2D eigenvalue weighted by Crippen LogP contribution is 2.57. The lowest BCUT2D eigenvalue weighted by molar-refractivity contribution is 0.652. The molecule has 0 unspecified atom stereocenters. The smallest absolute Gasteiger partial charge is 0.0629 e. The predicted octanol–water partition coefficient (Wildman–Crippen LogP) is 10.1. The molecule has 2 aliphatic rings. The summed E-state index contributed by atoms with van der Waals surface area (Å²) in [5, 5.41) is 2.73. The van der Waals surface area contributed by atoms with Crippen molar-refractivity contribution in [2.45, 2.75) is 87.0 Å². The van der Waals surface area contributed by atoms with Crippen LogP contribution in [0.4, 0.5) is 0 Å². The maximum absolute atomic E-state index is 2.62. The number of aryl methyl sites for hydroxylation is 7. The Bertz CT molecular complexity index is 2260. The van der Waals surface area contributed by atoms with Crippen molar-refractivity contribution in [2.75, 3.05) is 0 Å². The fourth-order valence-electron chi connectivity index (χ4n) is 9.94. The van der Waals surface area contributed by atoms with E-state index in [1.54, 1.807) is 0 Å². The topological polar surface area (TPSA) is 0 Å². The molecule has 0 radical (unpaired) electrons. The minimum absolute atomic E-state index is 0.0412. The predicted molar refractivity (Wildman–Crippen MR) is 210 cm³/mol. The Morgan fingerprint density at radius 2 is 0.896 bits per heavy atom. The molecule has 0 atom stereocenters. The molecular formula is C47H47B. The van der Waals surface area contributed by atoms with Gasteiger partial charge in [0.25, 0.3) is 0 Å². The van der Waals surface area contributed by atoms with Crippen molar-refractivity contribution in [3.8, 4) is 22.3 Å². The molecule has 0 amide bonds. The fourth-order valence-corrected chi connectivity index (χ4v) is 9.94. The molecule has 0 aromatic heterocycles. The van der Waals surface area contributed by atoms with Crippen molar-refractivity contribution in [3.63, 3.8) is 0 Å². The van der Waals surface area contributed by atoms with Crippen LogP contribution in [0.15, 0.2) is 84.9 Å². The van der Waals surface area contributed by atoms with Gasteiger partial charge in [-0.15, -0.1) is 0 Å². The third-order valence-corrected chi connectivity index (χ3v) is 12.0. The summed E-state index contributed by atoms with van der Waals surface area (Å²) in [4.78, 5) is 0. The van der Waals surface area contributed by atoms with E-state index in [4.69, 9.17) is 0 Å². The van der Waals surface area contributed by atoms with Crippen molar-refractivity contribution in [2.24, 2.45) is 0 Å². The lowest BCUT2D eigenvalue weighted by Crippen LogP contribution is -2.56. The summed E-state index contributed by atoms with van der Waals surface area (Å²) in [7, 11) is 0. The summed E-state index contributed by atoms with van der Waals surface area (Å²) in [6.07, 6.45) is 0. The first-order chi connectivity index (χ1) is 22.7. The molecule has 0 saturated heterocycles. The zero-order valence-corrected chi connectivity index (χ0v) is 30.7. The van der Waals surface area contributed by atoms with Gasteiger partial charge in [-0.1, -0.05) is 156 Å². The van der Waals surface area contributed by atoms with Crippen LogP contribution >= 0.6 is 0 Å². The number of hydrogen-bond donors (Lipinski definition) is 0. The molecule has 0 bridgehead atoms. The minimum Gasteiger partial charge on any atom is -0.0629 e. The highest BCUT2D eigenvalue weighted by molar-refractivity contribution is 6.98. The molecule has 1 heteroatoms. The monoisotopic (exact) mass is 622 g/mol. The zero-order chi connectivity index (χ0) is 34.0. The Hall–Kier alpha value is -4.36. The molecule has 2 aliphatic carbocycles. The summed E-state index contributed by atoms with van der Waals surface area (Å²) in [6, 6.07) is 33.6. The van der Waals surface area contributed by atoms with Gasteiger partial charge >= 0.3 is 0 Å². The van der Waals surface area contributed by atoms with Crippen LogP contribution in [-0.2, 0) is 10.8 Å². The molecule has 0 nitrogen and oxygen atoms in total.